The van der Waals surface area contributed by atoms with Crippen LogP contribution in [-0.2, 0) is 32.9 Å². The van der Waals surface area contributed by atoms with E-state index in [1.54, 1.807) is 60.9 Å². The maximum Gasteiger partial charge on any atom is 0.277 e. The number of ether oxygens (including phenoxy) is 4. The number of benzene rings is 6. The summed E-state index contributed by atoms with van der Waals surface area (Å²) in [6.45, 7) is 24.7. The number of fused-ring (bicyclic) bond motifs is 4. The number of anilines is 2. The molecule has 4 N–H and O–H groups in total. The number of halogens is 2. The topological polar surface area (TPSA) is 326 Å². The van der Waals surface area contributed by atoms with Gasteiger partial charge in [-0.2, -0.15) is 0 Å². The van der Waals surface area contributed by atoms with Gasteiger partial charge in [-0.3, -0.25) is 39.6 Å². The molecule has 3 saturated heterocycles. The summed E-state index contributed by atoms with van der Waals surface area (Å²) in [4.78, 5) is 79.6. The zero-order chi connectivity index (χ0) is 88.3. The molecule has 6 aromatic carbocycles. The minimum absolute atomic E-state index is 0.0380. The summed E-state index contributed by atoms with van der Waals surface area (Å²) in [5.74, 6) is -0.559. The lowest BCUT2D eigenvalue weighted by Gasteiger charge is -2.39. The van der Waals surface area contributed by atoms with E-state index in [0.29, 0.717) is 60.0 Å². The number of hydrogen-bond acceptors (Lipinski definition) is 22. The second-order valence-corrected chi connectivity index (χ2v) is 40.1. The molecule has 9 heterocycles. The van der Waals surface area contributed by atoms with Gasteiger partial charge < -0.3 is 48.5 Å². The molecule has 0 spiro atoms. The number of pyridine rings is 2. The Morgan fingerprint density at radius 1 is 0.540 bits per heavy atom. The third-order valence-corrected chi connectivity index (χ3v) is 28.7. The van der Waals surface area contributed by atoms with E-state index in [2.05, 4.69) is 118 Å². The van der Waals surface area contributed by atoms with E-state index < -0.39 is 51.5 Å². The molecule has 28 nitrogen and oxygen atoms in total. The van der Waals surface area contributed by atoms with E-state index in [1.807, 2.05) is 43.3 Å². The van der Waals surface area contributed by atoms with E-state index in [0.717, 1.165) is 200 Å². The average molecular weight is 1790 g/mol. The first-order valence-corrected chi connectivity index (χ1v) is 47.0. The number of nitrogens with zero attached hydrogens (tertiary/aromatic N) is 10. The highest BCUT2D eigenvalue weighted by Crippen LogP contribution is 2.47. The number of rotatable bonds is 25. The first-order chi connectivity index (χ1) is 60.4. The van der Waals surface area contributed by atoms with Crippen LogP contribution in [0.3, 0.4) is 0 Å². The number of nitro benzene ring substituents is 2. The van der Waals surface area contributed by atoms with E-state index in [-0.39, 0.29) is 68.2 Å². The SMILES string of the molecule is CCC[C@H]1COc2cc(S(=O)(=O)NC(=O)c3ccc(N4CCN(CC5=C(c6ccc(Cl)cc6)CC(C)(C)CC5)CC4)cc3Oc3cnc4[nH]ccc4c3)cc([N+](=O)[O-])c2C1.CN1CCN(CC[C@@H]2COc3cc(S(=O)(=O)NC(=O)c4ccc(N5CCN(CC6=C(c7ccc(Cl)cc7)CC(C)(C)CC6)CC5)cc4Oc4cnc5[nH]ccc5c4)cc([N+](=O)[O-])c3C2)CC1. The molecule has 7 aliphatic rings. The Labute approximate surface area is 744 Å². The molecular weight excluding hydrogens is 1680 g/mol. The van der Waals surface area contributed by atoms with Gasteiger partial charge in [0.25, 0.3) is 43.2 Å². The molecule has 0 bridgehead atoms. The summed E-state index contributed by atoms with van der Waals surface area (Å²) >= 11 is 12.5. The van der Waals surface area contributed by atoms with Crippen LogP contribution in [0.1, 0.15) is 135 Å². The third kappa shape index (κ3) is 20.8. The number of amides is 2. The molecule has 10 aromatic rings. The van der Waals surface area contributed by atoms with Crippen molar-refractivity contribution in [2.24, 2.45) is 22.7 Å². The van der Waals surface area contributed by atoms with Gasteiger partial charge in [0, 0.05) is 173 Å². The normalized spacial score (nSPS) is 19.0. The molecule has 662 valence electrons. The Balaban J connectivity index is 0.000000186. The smallest absolute Gasteiger partial charge is 0.277 e. The Morgan fingerprint density at radius 2 is 0.952 bits per heavy atom. The van der Waals surface area contributed by atoms with E-state index in [9.17, 15) is 46.7 Å². The third-order valence-electron chi connectivity index (χ3n) is 25.6. The van der Waals surface area contributed by atoms with Gasteiger partial charge in [-0.15, -0.1) is 0 Å². The van der Waals surface area contributed by atoms with Crippen LogP contribution in [0.2, 0.25) is 10.0 Å². The predicted octanol–water partition coefficient (Wildman–Crippen LogP) is 17.2. The summed E-state index contributed by atoms with van der Waals surface area (Å²) in [7, 11) is -7.11. The molecule has 32 heteroatoms. The summed E-state index contributed by atoms with van der Waals surface area (Å²) in [5.41, 5.74) is 11.5. The minimum Gasteiger partial charge on any atom is -0.493 e. The molecule has 2 aliphatic carbocycles. The molecule has 4 aromatic heterocycles. The van der Waals surface area contributed by atoms with Crippen molar-refractivity contribution in [3.63, 3.8) is 0 Å². The lowest BCUT2D eigenvalue weighted by atomic mass is 9.72. The predicted molar refractivity (Wildman–Crippen MR) is 489 cm³/mol. The lowest BCUT2D eigenvalue weighted by Crippen LogP contribution is -2.47. The zero-order valence-electron chi connectivity index (χ0n) is 71.7. The molecule has 0 unspecified atom stereocenters. The van der Waals surface area contributed by atoms with Crippen molar-refractivity contribution < 1.29 is 55.2 Å². The van der Waals surface area contributed by atoms with E-state index in [4.69, 9.17) is 42.1 Å². The quantitative estimate of drug-likeness (QED) is 0.0305. The first-order valence-electron chi connectivity index (χ1n) is 43.2. The first kappa shape index (κ1) is 88.5. The molecule has 126 heavy (non-hydrogen) atoms. The van der Waals surface area contributed by atoms with E-state index >= 15 is 0 Å². The van der Waals surface area contributed by atoms with Crippen LogP contribution < -0.4 is 38.2 Å². The Bertz CT molecular complexity index is 6080. The highest BCUT2D eigenvalue weighted by atomic mass is 35.5. The van der Waals surface area contributed by atoms with Crippen LogP contribution in [0.4, 0.5) is 22.7 Å². The van der Waals surface area contributed by atoms with Gasteiger partial charge in [-0.05, 0) is 196 Å². The highest BCUT2D eigenvalue weighted by molar-refractivity contribution is 7.90. The van der Waals surface area contributed by atoms with Crippen LogP contribution in [0, 0.1) is 42.9 Å². The fourth-order valence-corrected chi connectivity index (χ4v) is 20.5. The van der Waals surface area contributed by atoms with E-state index in [1.165, 1.54) is 57.9 Å². The van der Waals surface area contributed by atoms with Gasteiger partial charge in [0.05, 0.1) is 67.5 Å². The lowest BCUT2D eigenvalue weighted by molar-refractivity contribution is -0.386. The molecular formula is C94H106Cl2N14O14S2. The van der Waals surface area contributed by atoms with Crippen molar-refractivity contribution >= 4 is 111 Å². The fourth-order valence-electron chi connectivity index (χ4n) is 18.3. The number of H-pyrrole nitrogens is 2. The number of aromatic amines is 2. The van der Waals surface area contributed by atoms with Crippen molar-refractivity contribution in [3.8, 4) is 34.5 Å². The summed E-state index contributed by atoms with van der Waals surface area (Å²) in [6.07, 6.45) is 16.3. The molecule has 17 rings (SSSR count). The number of allylic oxidation sites excluding steroid dienone is 2. The number of likely N-dealkylation sites (N-methyl/N-ethyl adjacent to an activating group) is 1. The maximum atomic E-state index is 14.1. The molecule has 0 saturated carbocycles. The van der Waals surface area contributed by atoms with Gasteiger partial charge in [-0.25, -0.2) is 36.2 Å². The largest absolute Gasteiger partial charge is 0.493 e. The Morgan fingerprint density at radius 3 is 1.37 bits per heavy atom. The van der Waals surface area contributed by atoms with Gasteiger partial charge in [-0.1, -0.05) is 99.7 Å². The number of nitrogens with one attached hydrogen (secondary N) is 4. The maximum absolute atomic E-state index is 14.1. The monoisotopic (exact) mass is 1790 g/mol. The van der Waals surface area contributed by atoms with Crippen LogP contribution in [0.25, 0.3) is 33.2 Å². The highest BCUT2D eigenvalue weighted by Gasteiger charge is 2.38. The molecule has 5 aliphatic heterocycles. The molecule has 3 fully saturated rings. The van der Waals surface area contributed by atoms with Crippen LogP contribution in [0.5, 0.6) is 34.5 Å². The number of hydrogen-bond donors (Lipinski definition) is 4. The van der Waals surface area contributed by atoms with Gasteiger partial charge in [0.15, 0.2) is 0 Å². The average Bonchev–Trinajstić information content (AvgIpc) is 0.827. The number of sulfonamides is 2. The summed E-state index contributed by atoms with van der Waals surface area (Å²) in [5, 5.41) is 27.6. The van der Waals surface area contributed by atoms with Crippen molar-refractivity contribution in [3.05, 3.63) is 233 Å². The zero-order valence-corrected chi connectivity index (χ0v) is 74.9. The van der Waals surface area contributed by atoms with Crippen LogP contribution in [0.15, 0.2) is 179 Å². The van der Waals surface area contributed by atoms with Gasteiger partial charge in [0.1, 0.15) is 45.8 Å². The second kappa shape index (κ2) is 37.5. The van der Waals surface area contributed by atoms with Crippen molar-refractivity contribution in [1.82, 2.24) is 49.0 Å². The molecule has 0 radical (unpaired) electrons. The Hall–Kier alpha value is -11.0. The van der Waals surface area contributed by atoms with Gasteiger partial charge >= 0.3 is 0 Å². The van der Waals surface area contributed by atoms with Crippen LogP contribution in [-0.4, -0.2) is 196 Å². The fraction of sp³-hybridized carbons (Fsp3) is 0.404. The van der Waals surface area contributed by atoms with Crippen molar-refractivity contribution in [1.29, 1.82) is 0 Å². The number of nitro groups is 2. The van der Waals surface area contributed by atoms with Crippen molar-refractivity contribution in [2.45, 2.75) is 115 Å². The molecule has 2 amide bonds. The van der Waals surface area contributed by atoms with Gasteiger partial charge in [0.2, 0.25) is 0 Å². The van der Waals surface area contributed by atoms with Crippen LogP contribution >= 0.6 is 23.2 Å². The number of carbonyl (C=O) groups excluding carboxylic acids is 2. The number of carbonyl (C=O) groups is 2. The second-order valence-electron chi connectivity index (χ2n) is 35.8. The number of aromatic nitrogens is 4. The molecule has 2 atom stereocenters. The van der Waals surface area contributed by atoms with Crippen molar-refractivity contribution in [2.75, 3.05) is 128 Å². The number of piperazine rings is 3. The summed E-state index contributed by atoms with van der Waals surface area (Å²) < 4.78 is 84.3. The Kier molecular flexibility index (Phi) is 26.4. The standard InChI is InChI=1S/C49H57ClN8O7S.C45H49ClN6O7S/c1-49(2)13-10-36(43(29-49)34-4-6-37(50)7-5-34)31-56-20-22-57(23-21-56)38-8-9-41(46(26-38)65-39-25-35-11-14-51-47(35)52-30-39)48(59)53-66(62,63)40-27-44(58(60)61)42-24-33(32-64-45(42)28-40)12-15-55-18-16-54(3)17-19-55;1-4-5-29-20-38-40(52(54)55)23-36(24-41(38)58-28-29)60(56,57)49-44(53)37-11-10-34(22-42(37)59-35-21-31-13-15-47-43(31)48-26-35)51-18-16-50(17-19-51)27-32-12-14-45(2,3)25-39(32)30-6-8-33(46)9-7-30/h4-9,11,14,25-28,30,33H,10,12-13,15-24,29,31-32H2,1-3H3,(H,51,52)(H,53,59);6-11,13,15,21-24,26,29H,4-5,12,14,16-20,25,27-28H2,1-3H3,(H,47,48)(H,49,53)/t33-;29-/m01/s1. The minimum atomic E-state index is -4.62. The summed E-state index contributed by atoms with van der Waals surface area (Å²) in [6, 6.07) is 38.3.